The number of rotatable bonds is 3. The maximum atomic E-state index is 13.4. The van der Waals surface area contributed by atoms with E-state index in [4.69, 9.17) is 0 Å². The largest absolute Gasteiger partial charge is 0.462 e. The van der Waals surface area contributed by atoms with Gasteiger partial charge in [-0.1, -0.05) is 12.1 Å². The number of carbonyl (C=O) groups excluding carboxylic acids is 1. The molecule has 1 fully saturated rings. The predicted molar refractivity (Wildman–Crippen MR) is 86.4 cm³/mol. The van der Waals surface area contributed by atoms with E-state index in [1.54, 1.807) is 6.07 Å². The van der Waals surface area contributed by atoms with Crippen LogP contribution in [0, 0.1) is 5.82 Å². The molecule has 0 spiro atoms. The number of hydrogen-bond donors (Lipinski definition) is 1. The Morgan fingerprint density at radius 1 is 1.22 bits per heavy atom. The monoisotopic (exact) mass is 345 g/mol. The molecule has 0 unspecified atom stereocenters. The van der Waals surface area contributed by atoms with Gasteiger partial charge in [0.2, 0.25) is 0 Å². The van der Waals surface area contributed by atoms with E-state index >= 15 is 0 Å². The van der Waals surface area contributed by atoms with Crippen molar-refractivity contribution in [3.05, 3.63) is 30.1 Å². The summed E-state index contributed by atoms with van der Waals surface area (Å²) in [7, 11) is -3.51. The molecule has 0 amide bonds. The molecule has 130 valence electrons. The first-order valence-electron chi connectivity index (χ1n) is 7.49. The van der Waals surface area contributed by atoms with Crippen LogP contribution in [0.4, 0.5) is 4.39 Å². The molecule has 2 rings (SSSR count). The Morgan fingerprint density at radius 2 is 1.78 bits per heavy atom. The molecule has 0 atom stereocenters. The third kappa shape index (κ3) is 6.27. The maximum Gasteiger partial charge on any atom is 0.293 e. The summed E-state index contributed by atoms with van der Waals surface area (Å²) in [6.45, 7) is 7.28. The molecule has 1 heterocycles. The van der Waals surface area contributed by atoms with Crippen LogP contribution in [0.1, 0.15) is 33.6 Å². The highest BCUT2D eigenvalue weighted by Gasteiger charge is 2.30. The van der Waals surface area contributed by atoms with Crippen molar-refractivity contribution in [3.8, 4) is 0 Å². The van der Waals surface area contributed by atoms with Crippen LogP contribution in [0.5, 0.6) is 0 Å². The summed E-state index contributed by atoms with van der Waals surface area (Å²) in [6.07, 6.45) is 1.10. The van der Waals surface area contributed by atoms with Gasteiger partial charge in [0.25, 0.3) is 6.47 Å². The number of nitrogens with one attached hydrogen (secondary N) is 1. The third-order valence-corrected chi connectivity index (χ3v) is 5.56. The summed E-state index contributed by atoms with van der Waals surface area (Å²) < 4.78 is 42.3. The number of piperidine rings is 1. The van der Waals surface area contributed by atoms with Crippen molar-refractivity contribution in [3.63, 3.8) is 0 Å². The second-order valence-corrected chi connectivity index (χ2v) is 8.45. The van der Waals surface area contributed by atoms with Crippen LogP contribution >= 0.6 is 0 Å². The fourth-order valence-electron chi connectivity index (χ4n) is 2.11. The first-order valence-corrected chi connectivity index (χ1v) is 9.03. The van der Waals surface area contributed by atoms with E-state index in [1.165, 1.54) is 18.2 Å². The van der Waals surface area contributed by atoms with E-state index < -0.39 is 20.9 Å². The van der Waals surface area contributed by atoms with Crippen molar-refractivity contribution in [2.24, 2.45) is 0 Å². The number of hydrogen-bond acceptors (Lipinski definition) is 5. The molecule has 0 saturated carbocycles. The average molecular weight is 345 g/mol. The Morgan fingerprint density at radius 3 is 2.22 bits per heavy atom. The van der Waals surface area contributed by atoms with Crippen molar-refractivity contribution in [1.82, 2.24) is 5.32 Å². The molecule has 0 aromatic heterocycles. The average Bonchev–Trinajstić information content (AvgIpc) is 2.48. The van der Waals surface area contributed by atoms with Crippen LogP contribution < -0.4 is 5.32 Å². The lowest BCUT2D eigenvalue weighted by Gasteiger charge is -2.22. The highest BCUT2D eigenvalue weighted by molar-refractivity contribution is 7.92. The molecule has 1 aromatic carbocycles. The minimum absolute atomic E-state index is 0.165. The van der Waals surface area contributed by atoms with Crippen LogP contribution in [0.15, 0.2) is 29.2 Å². The van der Waals surface area contributed by atoms with Gasteiger partial charge in [-0.25, -0.2) is 12.8 Å². The van der Waals surface area contributed by atoms with Crippen molar-refractivity contribution in [2.75, 3.05) is 13.1 Å². The topological polar surface area (TPSA) is 72.5 Å². The van der Waals surface area contributed by atoms with E-state index in [0.717, 1.165) is 0 Å². The van der Waals surface area contributed by atoms with Gasteiger partial charge in [-0.2, -0.15) is 0 Å². The Labute approximate surface area is 137 Å². The Hall–Kier alpha value is -1.47. The van der Waals surface area contributed by atoms with Gasteiger partial charge in [0.1, 0.15) is 16.3 Å². The lowest BCUT2D eigenvalue weighted by atomic mass is 10.2. The van der Waals surface area contributed by atoms with Gasteiger partial charge in [-0.3, -0.25) is 4.79 Å². The number of halogens is 1. The van der Waals surface area contributed by atoms with Crippen LogP contribution in [0.25, 0.3) is 0 Å². The lowest BCUT2D eigenvalue weighted by Crippen LogP contribution is -2.36. The van der Waals surface area contributed by atoms with Crippen LogP contribution in [0.3, 0.4) is 0 Å². The van der Waals surface area contributed by atoms with Gasteiger partial charge in [-0.05, 0) is 58.8 Å². The van der Waals surface area contributed by atoms with E-state index in [1.807, 2.05) is 20.8 Å². The van der Waals surface area contributed by atoms with Gasteiger partial charge in [0.05, 0.1) is 5.25 Å². The van der Waals surface area contributed by atoms with E-state index in [2.05, 4.69) is 10.1 Å². The molecule has 5 nitrogen and oxygen atoms in total. The summed E-state index contributed by atoms with van der Waals surface area (Å²) >= 11 is 0. The number of carbonyl (C=O) groups is 1. The van der Waals surface area contributed by atoms with Crippen LogP contribution in [-0.4, -0.2) is 38.8 Å². The van der Waals surface area contributed by atoms with Gasteiger partial charge < -0.3 is 10.1 Å². The molecule has 1 aliphatic heterocycles. The zero-order valence-electron chi connectivity index (χ0n) is 13.7. The molecule has 0 aliphatic carbocycles. The summed E-state index contributed by atoms with van der Waals surface area (Å²) in [6, 6.07) is 5.58. The zero-order valence-corrected chi connectivity index (χ0v) is 14.5. The SMILES string of the molecule is CC(C)(C)OC=O.O=S(=O)(c1ccccc1F)C1CCNCC1. The summed E-state index contributed by atoms with van der Waals surface area (Å²) in [4.78, 5) is 9.43. The quantitative estimate of drug-likeness (QED) is 0.851. The molecule has 1 N–H and O–H groups in total. The van der Waals surface area contributed by atoms with Gasteiger partial charge in [0, 0.05) is 0 Å². The molecule has 1 saturated heterocycles. The standard InChI is InChI=1S/C11H14FNO2S.C5H10O2/c12-10-3-1-2-4-11(10)16(14,15)9-5-7-13-8-6-9;1-5(2,3)7-4-6/h1-4,9,13H,5-8H2;4H,1-3H3. The highest BCUT2D eigenvalue weighted by Crippen LogP contribution is 2.24. The zero-order chi connectivity index (χ0) is 17.5. The molecule has 23 heavy (non-hydrogen) atoms. The summed E-state index contributed by atoms with van der Waals surface area (Å²) in [5.74, 6) is -0.652. The number of benzene rings is 1. The fraction of sp³-hybridized carbons (Fsp3) is 0.562. The molecule has 0 bridgehead atoms. The van der Waals surface area contributed by atoms with Crippen molar-refractivity contribution >= 4 is 16.3 Å². The smallest absolute Gasteiger partial charge is 0.293 e. The molecular formula is C16H24FNO4S. The van der Waals surface area contributed by atoms with Crippen LogP contribution in [0.2, 0.25) is 0 Å². The van der Waals surface area contributed by atoms with E-state index in [0.29, 0.717) is 32.4 Å². The Kier molecular flexibility index (Phi) is 7.15. The molecule has 1 aliphatic rings. The lowest BCUT2D eigenvalue weighted by molar-refractivity contribution is -0.138. The van der Waals surface area contributed by atoms with E-state index in [-0.39, 0.29) is 10.5 Å². The number of sulfone groups is 1. The molecule has 0 radical (unpaired) electrons. The number of ether oxygens (including phenoxy) is 1. The maximum absolute atomic E-state index is 13.4. The molecule has 1 aromatic rings. The first kappa shape index (κ1) is 19.6. The van der Waals surface area contributed by atoms with Crippen molar-refractivity contribution in [2.45, 2.75) is 49.4 Å². The third-order valence-electron chi connectivity index (χ3n) is 3.27. The van der Waals surface area contributed by atoms with Crippen LogP contribution in [-0.2, 0) is 19.4 Å². The minimum atomic E-state index is -3.51. The minimum Gasteiger partial charge on any atom is -0.462 e. The van der Waals surface area contributed by atoms with E-state index in [9.17, 15) is 17.6 Å². The van der Waals surface area contributed by atoms with Gasteiger partial charge in [-0.15, -0.1) is 0 Å². The van der Waals surface area contributed by atoms with Gasteiger partial charge >= 0.3 is 0 Å². The normalized spacial score (nSPS) is 16.2. The van der Waals surface area contributed by atoms with Crippen molar-refractivity contribution < 1.29 is 22.3 Å². The first-order chi connectivity index (χ1) is 10.7. The second kappa shape index (κ2) is 8.40. The molecular weight excluding hydrogens is 321 g/mol. The molecule has 7 heteroatoms. The fourth-order valence-corrected chi connectivity index (χ4v) is 3.93. The Balaban J connectivity index is 0.000000322. The van der Waals surface area contributed by atoms with Gasteiger partial charge in [0.15, 0.2) is 9.84 Å². The highest BCUT2D eigenvalue weighted by atomic mass is 32.2. The summed E-state index contributed by atoms with van der Waals surface area (Å²) in [5, 5.41) is 2.64. The Bertz CT molecular complexity index is 605. The second-order valence-electron chi connectivity index (χ2n) is 6.25. The summed E-state index contributed by atoms with van der Waals surface area (Å²) in [5.41, 5.74) is -0.318. The predicted octanol–water partition coefficient (Wildman–Crippen LogP) is 2.31. The van der Waals surface area contributed by atoms with Crippen molar-refractivity contribution in [1.29, 1.82) is 0 Å².